The summed E-state index contributed by atoms with van der Waals surface area (Å²) in [6.45, 7) is 0. The van der Waals surface area contributed by atoms with Crippen molar-refractivity contribution < 1.29 is 11.0 Å². The monoisotopic (exact) mass is 205 g/mol. The van der Waals surface area contributed by atoms with Gasteiger partial charge in [0.1, 0.15) is 0 Å². The van der Waals surface area contributed by atoms with E-state index in [0.717, 1.165) is 16.0 Å². The standard InChI is InChI=1S/C9H6BNS.2H2O/c10-8-3-1-7(2-4-8)9-11-5-6-12-9;;/h1-6H;2*1H2/q+2;;/p-2. The first kappa shape index (κ1) is 12.8. The summed E-state index contributed by atoms with van der Waals surface area (Å²) in [6, 6.07) is 7.73. The van der Waals surface area contributed by atoms with E-state index in [0.29, 0.717) is 0 Å². The van der Waals surface area contributed by atoms with Crippen LogP contribution < -0.4 is 5.46 Å². The Morgan fingerprint density at radius 3 is 2.21 bits per heavy atom. The zero-order chi connectivity index (χ0) is 8.39. The molecule has 3 nitrogen and oxygen atoms in total. The molecule has 1 aromatic heterocycles. The molecule has 0 aliphatic rings. The Bertz CT molecular complexity index is 361. The van der Waals surface area contributed by atoms with Crippen molar-refractivity contribution in [1.82, 2.24) is 4.98 Å². The van der Waals surface area contributed by atoms with Crippen LogP contribution in [0.1, 0.15) is 0 Å². The third-order valence-corrected chi connectivity index (χ3v) is 2.41. The molecule has 70 valence electrons. The molecule has 0 unspecified atom stereocenters. The number of nitrogens with zero attached hydrogens (tertiary/aromatic N) is 1. The summed E-state index contributed by atoms with van der Waals surface area (Å²) in [6.07, 6.45) is 1.80. The molecule has 0 saturated carbocycles. The van der Waals surface area contributed by atoms with E-state index in [4.69, 9.17) is 7.85 Å². The van der Waals surface area contributed by atoms with Crippen LogP contribution in [0.15, 0.2) is 35.8 Å². The molecule has 0 aliphatic heterocycles. The molecular weight excluding hydrogens is 197 g/mol. The Hall–Kier alpha value is -1.17. The molecule has 0 amide bonds. The molecule has 0 bridgehead atoms. The van der Waals surface area contributed by atoms with Crippen LogP contribution >= 0.6 is 11.3 Å². The number of rotatable bonds is 1. The van der Waals surface area contributed by atoms with Crippen LogP contribution in [-0.2, 0) is 0 Å². The Morgan fingerprint density at radius 2 is 1.71 bits per heavy atom. The molecule has 1 heterocycles. The quantitative estimate of drug-likeness (QED) is 0.657. The summed E-state index contributed by atoms with van der Waals surface area (Å²) in [5, 5.41) is 3.00. The molecule has 14 heavy (non-hydrogen) atoms. The summed E-state index contributed by atoms with van der Waals surface area (Å²) in [5.41, 5.74) is 1.91. The number of thiazole rings is 1. The van der Waals surface area contributed by atoms with Crippen molar-refractivity contribution in [3.05, 3.63) is 35.8 Å². The third kappa shape index (κ3) is 2.66. The van der Waals surface area contributed by atoms with E-state index in [9.17, 15) is 0 Å². The van der Waals surface area contributed by atoms with Gasteiger partial charge in [-0.05, 0) is 0 Å². The molecule has 0 saturated heterocycles. The van der Waals surface area contributed by atoms with Gasteiger partial charge >= 0.3 is 76.0 Å². The van der Waals surface area contributed by atoms with Gasteiger partial charge in [0.15, 0.2) is 0 Å². The van der Waals surface area contributed by atoms with E-state index in [1.807, 2.05) is 29.6 Å². The maximum Gasteiger partial charge on any atom is -0.870 e. The van der Waals surface area contributed by atoms with Gasteiger partial charge in [0.25, 0.3) is 0 Å². The minimum Gasteiger partial charge on any atom is -0.870 e. The minimum atomic E-state index is 0. The predicted octanol–water partition coefficient (Wildman–Crippen LogP) is 1.25. The van der Waals surface area contributed by atoms with E-state index in [1.165, 1.54) is 0 Å². The predicted molar refractivity (Wildman–Crippen MR) is 56.8 cm³/mol. The Morgan fingerprint density at radius 1 is 1.07 bits per heavy atom. The fourth-order valence-electron chi connectivity index (χ4n) is 0.992. The number of hydrogen-bond donors (Lipinski definition) is 0. The Labute approximate surface area is 87.5 Å². The molecule has 0 aliphatic carbocycles. The van der Waals surface area contributed by atoms with Gasteiger partial charge in [-0.1, -0.05) is 0 Å². The summed E-state index contributed by atoms with van der Waals surface area (Å²) in [5.74, 6) is 0. The van der Waals surface area contributed by atoms with Crippen LogP contribution in [0.2, 0.25) is 0 Å². The molecule has 1 aromatic carbocycles. The SMILES string of the molecule is [B+2]c1ccc(-c2nccs2)cc1.[OH-].[OH-]. The van der Waals surface area contributed by atoms with Crippen molar-refractivity contribution in [3.8, 4) is 10.6 Å². The second kappa shape index (κ2) is 5.54. The Balaban J connectivity index is 0.000000845. The van der Waals surface area contributed by atoms with E-state index >= 15 is 0 Å². The van der Waals surface area contributed by atoms with E-state index < -0.39 is 0 Å². The third-order valence-electron chi connectivity index (χ3n) is 1.59. The van der Waals surface area contributed by atoms with Crippen molar-refractivity contribution in [1.29, 1.82) is 0 Å². The van der Waals surface area contributed by atoms with Gasteiger partial charge in [0.2, 0.25) is 0 Å². The van der Waals surface area contributed by atoms with Crippen LogP contribution in [0, 0.1) is 0 Å². The van der Waals surface area contributed by atoms with Crippen molar-refractivity contribution >= 4 is 24.6 Å². The van der Waals surface area contributed by atoms with Gasteiger partial charge in [-0.3, -0.25) is 0 Å². The van der Waals surface area contributed by atoms with E-state index in [2.05, 4.69) is 4.98 Å². The maximum absolute atomic E-state index is 5.56. The number of aromatic nitrogens is 1. The van der Waals surface area contributed by atoms with Gasteiger partial charge in [-0.25, -0.2) is 0 Å². The summed E-state index contributed by atoms with van der Waals surface area (Å²) >= 11 is 1.63. The van der Waals surface area contributed by atoms with Crippen LogP contribution in [0.25, 0.3) is 10.6 Å². The zero-order valence-electron chi connectivity index (χ0n) is 7.29. The van der Waals surface area contributed by atoms with E-state index in [-0.39, 0.29) is 11.0 Å². The van der Waals surface area contributed by atoms with Crippen LogP contribution in [0.5, 0.6) is 0 Å². The molecule has 2 N–H and O–H groups in total. The molecule has 0 fully saturated rings. The molecule has 2 aromatic rings. The normalized spacial score (nSPS) is 8.71. The topological polar surface area (TPSA) is 72.9 Å². The Kier molecular flexibility index (Phi) is 5.08. The van der Waals surface area contributed by atoms with Crippen LogP contribution in [-0.4, -0.2) is 23.8 Å². The molecule has 5 heteroatoms. The summed E-state index contributed by atoms with van der Waals surface area (Å²) < 4.78 is 0. The first-order valence-electron chi connectivity index (χ1n) is 3.62. The van der Waals surface area contributed by atoms with Crippen molar-refractivity contribution in [2.75, 3.05) is 0 Å². The van der Waals surface area contributed by atoms with Gasteiger partial charge in [-0.2, -0.15) is 0 Å². The minimum absolute atomic E-state index is 0. The van der Waals surface area contributed by atoms with Crippen LogP contribution in [0.4, 0.5) is 0 Å². The fourth-order valence-corrected chi connectivity index (χ4v) is 1.64. The average molecular weight is 205 g/mol. The average Bonchev–Trinajstić information content (AvgIpc) is 2.58. The first-order chi connectivity index (χ1) is 5.86. The molecule has 2 rings (SSSR count). The van der Waals surface area contributed by atoms with Gasteiger partial charge in [-0.15, -0.1) is 0 Å². The maximum atomic E-state index is 5.56. The van der Waals surface area contributed by atoms with Gasteiger partial charge in [0.05, 0.1) is 0 Å². The van der Waals surface area contributed by atoms with Crippen molar-refractivity contribution in [3.63, 3.8) is 0 Å². The fraction of sp³-hybridized carbons (Fsp3) is 0. The smallest absolute Gasteiger partial charge is 0.870 e. The van der Waals surface area contributed by atoms with Gasteiger partial charge < -0.3 is 11.0 Å². The largest absolute Gasteiger partial charge is 0.870 e. The molecule has 0 radical (unpaired) electrons. The zero-order valence-corrected chi connectivity index (χ0v) is 8.11. The second-order valence-electron chi connectivity index (χ2n) is 2.46. The molecule has 0 atom stereocenters. The number of benzene rings is 1. The summed E-state index contributed by atoms with van der Waals surface area (Å²) in [7, 11) is 5.56. The van der Waals surface area contributed by atoms with Crippen molar-refractivity contribution in [2.24, 2.45) is 0 Å². The molecule has 0 spiro atoms. The van der Waals surface area contributed by atoms with E-state index in [1.54, 1.807) is 17.5 Å². The van der Waals surface area contributed by atoms with Gasteiger partial charge in [0, 0.05) is 0 Å². The van der Waals surface area contributed by atoms with Crippen LogP contribution in [0.3, 0.4) is 0 Å². The molecular formula is C9H8BNO2S. The van der Waals surface area contributed by atoms with Crippen molar-refractivity contribution in [2.45, 2.75) is 0 Å². The summed E-state index contributed by atoms with van der Waals surface area (Å²) in [4.78, 5) is 4.19. The second-order valence-corrected chi connectivity index (χ2v) is 3.35. The number of hydrogen-bond acceptors (Lipinski definition) is 4. The first-order valence-corrected chi connectivity index (χ1v) is 4.49.